The minimum Gasteiger partial charge on any atom is -0.498 e. The van der Waals surface area contributed by atoms with Crippen LogP contribution in [0.2, 0.25) is 0 Å². The molecule has 0 aromatic heterocycles. The van der Waals surface area contributed by atoms with E-state index in [2.05, 4.69) is 13.2 Å². The summed E-state index contributed by atoms with van der Waals surface area (Å²) in [5.74, 6) is 0.645. The second-order valence-electron chi connectivity index (χ2n) is 7.02. The molecule has 0 heterocycles. The first kappa shape index (κ1) is 23.3. The van der Waals surface area contributed by atoms with Gasteiger partial charge in [-0.1, -0.05) is 67.3 Å². The molecule has 4 heteroatoms. The summed E-state index contributed by atoms with van der Waals surface area (Å²) in [6.45, 7) is 14.4. The molecule has 0 saturated carbocycles. The smallest absolute Gasteiger partial charge is 0.416 e. The Morgan fingerprint density at radius 1 is 1.07 bits per heavy atom. The van der Waals surface area contributed by atoms with E-state index >= 15 is 0 Å². The SMILES string of the molecule is C=C(Cc1ccc(C(=C)/C=C(C)\C=C/C)c(-c2ccc(C(F)(F)F)cc2)c1)OCC. The molecule has 30 heavy (non-hydrogen) atoms. The molecule has 2 aromatic rings. The van der Waals surface area contributed by atoms with Crippen molar-refractivity contribution in [1.82, 2.24) is 0 Å². The highest BCUT2D eigenvalue weighted by Gasteiger charge is 2.30. The predicted molar refractivity (Wildman–Crippen MR) is 119 cm³/mol. The van der Waals surface area contributed by atoms with Gasteiger partial charge in [0, 0.05) is 6.42 Å². The largest absolute Gasteiger partial charge is 0.498 e. The molecule has 0 aliphatic rings. The van der Waals surface area contributed by atoms with Gasteiger partial charge in [0.25, 0.3) is 0 Å². The van der Waals surface area contributed by atoms with Crippen LogP contribution in [0.25, 0.3) is 16.7 Å². The van der Waals surface area contributed by atoms with Crippen molar-refractivity contribution in [3.8, 4) is 11.1 Å². The van der Waals surface area contributed by atoms with Crippen molar-refractivity contribution in [2.75, 3.05) is 6.61 Å². The van der Waals surface area contributed by atoms with Crippen molar-refractivity contribution < 1.29 is 17.9 Å². The zero-order valence-corrected chi connectivity index (χ0v) is 17.6. The van der Waals surface area contributed by atoms with Gasteiger partial charge in [0.15, 0.2) is 0 Å². The summed E-state index contributed by atoms with van der Waals surface area (Å²) in [6.07, 6.45) is 2.04. The summed E-state index contributed by atoms with van der Waals surface area (Å²) in [5, 5.41) is 0. The van der Waals surface area contributed by atoms with Crippen LogP contribution in [0, 0.1) is 0 Å². The lowest BCUT2D eigenvalue weighted by Crippen LogP contribution is -2.04. The summed E-state index contributed by atoms with van der Waals surface area (Å²) in [4.78, 5) is 0. The Morgan fingerprint density at radius 3 is 2.30 bits per heavy atom. The Morgan fingerprint density at radius 2 is 1.73 bits per heavy atom. The standard InChI is InChI=1S/C26H27F3O/c1-6-8-18(3)15-19(4)24-14-9-21(16-20(5)30-7-2)17-25(24)22-10-12-23(13-11-22)26(27,28)29/h6,8-15,17H,4-5,7,16H2,1-3H3/b8-6-,18-15-. The first-order chi connectivity index (χ1) is 14.2. The minimum atomic E-state index is -4.37. The highest BCUT2D eigenvalue weighted by Crippen LogP contribution is 2.34. The minimum absolute atomic E-state index is 0.529. The molecule has 0 aliphatic heterocycles. The number of halogens is 3. The van der Waals surface area contributed by atoms with Crippen LogP contribution < -0.4 is 0 Å². The van der Waals surface area contributed by atoms with Crippen LogP contribution >= 0.6 is 0 Å². The fourth-order valence-corrected chi connectivity index (χ4v) is 3.21. The lowest BCUT2D eigenvalue weighted by molar-refractivity contribution is -0.137. The number of benzene rings is 2. The molecule has 2 aromatic carbocycles. The Kier molecular flexibility index (Phi) is 7.87. The molecule has 0 aliphatic carbocycles. The summed E-state index contributed by atoms with van der Waals surface area (Å²) < 4.78 is 44.4. The predicted octanol–water partition coefficient (Wildman–Crippen LogP) is 8.00. The van der Waals surface area contributed by atoms with Crippen LogP contribution in [0.1, 0.15) is 37.5 Å². The molecule has 0 radical (unpaired) electrons. The summed E-state index contributed by atoms with van der Waals surface area (Å²) >= 11 is 0. The second kappa shape index (κ2) is 10.1. The van der Waals surface area contributed by atoms with Gasteiger partial charge in [-0.3, -0.25) is 0 Å². The van der Waals surface area contributed by atoms with Crippen molar-refractivity contribution in [2.45, 2.75) is 33.4 Å². The number of ether oxygens (including phenoxy) is 1. The third-order valence-electron chi connectivity index (χ3n) is 4.53. The van der Waals surface area contributed by atoms with E-state index in [1.54, 1.807) is 0 Å². The number of rotatable bonds is 8. The molecule has 1 nitrogen and oxygen atoms in total. The van der Waals surface area contributed by atoms with E-state index in [0.717, 1.165) is 40.0 Å². The van der Waals surface area contributed by atoms with Crippen molar-refractivity contribution in [2.24, 2.45) is 0 Å². The maximum atomic E-state index is 13.0. The van der Waals surface area contributed by atoms with Gasteiger partial charge in [0.2, 0.25) is 0 Å². The lowest BCUT2D eigenvalue weighted by atomic mass is 9.91. The monoisotopic (exact) mass is 412 g/mol. The Bertz CT molecular complexity index is 961. The van der Waals surface area contributed by atoms with Crippen LogP contribution in [0.5, 0.6) is 0 Å². The Labute approximate surface area is 176 Å². The molecule has 0 fully saturated rings. The van der Waals surface area contributed by atoms with Gasteiger partial charge in [-0.2, -0.15) is 13.2 Å². The highest BCUT2D eigenvalue weighted by molar-refractivity contribution is 5.85. The molecular weight excluding hydrogens is 385 g/mol. The maximum Gasteiger partial charge on any atom is 0.416 e. The van der Waals surface area contributed by atoms with E-state index in [1.165, 1.54) is 12.1 Å². The van der Waals surface area contributed by atoms with Gasteiger partial charge >= 0.3 is 6.18 Å². The molecular formula is C26H27F3O. The van der Waals surface area contributed by atoms with Crippen LogP contribution in [-0.2, 0) is 17.3 Å². The molecule has 0 unspecified atom stereocenters. The summed E-state index contributed by atoms with van der Waals surface area (Å²) in [6, 6.07) is 11.1. The fraction of sp³-hybridized carbons (Fsp3) is 0.231. The molecule has 0 atom stereocenters. The number of hydrogen-bond acceptors (Lipinski definition) is 1. The summed E-state index contributed by atoms with van der Waals surface area (Å²) in [7, 11) is 0. The quantitative estimate of drug-likeness (QED) is 0.315. The van der Waals surface area contributed by atoms with Gasteiger partial charge in [-0.05, 0) is 60.7 Å². The van der Waals surface area contributed by atoms with Crippen LogP contribution in [-0.4, -0.2) is 6.61 Å². The zero-order valence-electron chi connectivity index (χ0n) is 17.6. The maximum absolute atomic E-state index is 13.0. The second-order valence-corrected chi connectivity index (χ2v) is 7.02. The van der Waals surface area contributed by atoms with E-state index in [0.29, 0.717) is 24.4 Å². The molecule has 0 N–H and O–H groups in total. The third-order valence-corrected chi connectivity index (χ3v) is 4.53. The van der Waals surface area contributed by atoms with Gasteiger partial charge < -0.3 is 4.74 Å². The highest BCUT2D eigenvalue weighted by atomic mass is 19.4. The molecule has 0 spiro atoms. The van der Waals surface area contributed by atoms with E-state index in [1.807, 2.05) is 57.2 Å². The Hall–Kier alpha value is -3.01. The van der Waals surface area contributed by atoms with E-state index in [4.69, 9.17) is 4.74 Å². The van der Waals surface area contributed by atoms with Crippen LogP contribution in [0.4, 0.5) is 13.2 Å². The van der Waals surface area contributed by atoms with E-state index in [9.17, 15) is 13.2 Å². The lowest BCUT2D eigenvalue weighted by Gasteiger charge is -2.15. The number of alkyl halides is 3. The third kappa shape index (κ3) is 6.24. The van der Waals surface area contributed by atoms with Gasteiger partial charge in [-0.15, -0.1) is 0 Å². The first-order valence-corrected chi connectivity index (χ1v) is 9.77. The fourth-order valence-electron chi connectivity index (χ4n) is 3.21. The first-order valence-electron chi connectivity index (χ1n) is 9.77. The summed E-state index contributed by atoms with van der Waals surface area (Å²) in [5.41, 5.74) is 4.50. The van der Waals surface area contributed by atoms with Crippen molar-refractivity contribution in [1.29, 1.82) is 0 Å². The van der Waals surface area contributed by atoms with Gasteiger partial charge in [-0.25, -0.2) is 0 Å². The topological polar surface area (TPSA) is 9.23 Å². The molecule has 0 amide bonds. The van der Waals surface area contributed by atoms with E-state index < -0.39 is 11.7 Å². The van der Waals surface area contributed by atoms with Crippen molar-refractivity contribution >= 4 is 5.57 Å². The normalized spacial score (nSPS) is 12.3. The molecule has 2 rings (SSSR count). The average molecular weight is 412 g/mol. The Balaban J connectivity index is 2.53. The number of allylic oxidation sites excluding steroid dienone is 6. The van der Waals surface area contributed by atoms with Gasteiger partial charge in [0.05, 0.1) is 17.9 Å². The van der Waals surface area contributed by atoms with Gasteiger partial charge in [0.1, 0.15) is 0 Å². The van der Waals surface area contributed by atoms with Crippen LogP contribution in [0.15, 0.2) is 85.2 Å². The molecule has 158 valence electrons. The van der Waals surface area contributed by atoms with E-state index in [-0.39, 0.29) is 0 Å². The average Bonchev–Trinajstić information content (AvgIpc) is 2.67. The molecule has 0 saturated heterocycles. The zero-order chi connectivity index (χ0) is 22.3. The van der Waals surface area contributed by atoms with Crippen molar-refractivity contribution in [3.63, 3.8) is 0 Å². The van der Waals surface area contributed by atoms with Crippen LogP contribution in [0.3, 0.4) is 0 Å². The van der Waals surface area contributed by atoms with Crippen molar-refractivity contribution in [3.05, 3.63) is 102 Å². The molecule has 0 bridgehead atoms. The number of hydrogen-bond donors (Lipinski definition) is 0.